The molecule has 0 atom stereocenters. The lowest BCUT2D eigenvalue weighted by atomic mass is 9.84. The van der Waals surface area contributed by atoms with Gasteiger partial charge in [-0.15, -0.1) is 0 Å². The molecule has 3 aromatic carbocycles. The van der Waals surface area contributed by atoms with E-state index in [0.717, 1.165) is 31.0 Å². The minimum atomic E-state index is -1.07. The standard InChI is InChI=1S/C31H30F4N4O2/c1-31(2,38-30(40)41)15-17-5-7-39(8-6-17)29-24-11-18(23-13-22(34)14-26(35)28(23)36)3-4-27(24)37-16-25(29)19-9-20(32)12-21(33)10-19/h3-4,9-14,16-17,38H,5-8,15,36H2,1-2H3,(H,40,41). The molecule has 0 radical (unpaired) electrons. The number of aromatic nitrogens is 1. The summed E-state index contributed by atoms with van der Waals surface area (Å²) in [6.07, 6.45) is 2.67. The average Bonchev–Trinajstić information content (AvgIpc) is 2.88. The second-order valence-corrected chi connectivity index (χ2v) is 11.2. The van der Waals surface area contributed by atoms with Gasteiger partial charge < -0.3 is 21.1 Å². The number of anilines is 2. The fourth-order valence-corrected chi connectivity index (χ4v) is 5.85. The molecule has 4 aromatic rings. The monoisotopic (exact) mass is 566 g/mol. The van der Waals surface area contributed by atoms with Gasteiger partial charge in [-0.05, 0) is 80.5 Å². The Morgan fingerprint density at radius 2 is 1.63 bits per heavy atom. The second kappa shape index (κ2) is 10.9. The maximum absolute atomic E-state index is 14.3. The molecule has 2 heterocycles. The summed E-state index contributed by atoms with van der Waals surface area (Å²) in [7, 11) is 0. The van der Waals surface area contributed by atoms with Crippen molar-refractivity contribution in [2.45, 2.75) is 38.6 Å². The van der Waals surface area contributed by atoms with Gasteiger partial charge in [0.05, 0.1) is 16.9 Å². The van der Waals surface area contributed by atoms with Crippen LogP contribution in [0.3, 0.4) is 0 Å². The topological polar surface area (TPSA) is 91.5 Å². The Labute approximate surface area is 234 Å². The van der Waals surface area contributed by atoms with Crippen molar-refractivity contribution in [1.29, 1.82) is 0 Å². The molecule has 1 aliphatic heterocycles. The Balaban J connectivity index is 1.60. The first-order chi connectivity index (χ1) is 19.4. The highest BCUT2D eigenvalue weighted by atomic mass is 19.1. The molecule has 214 valence electrons. The summed E-state index contributed by atoms with van der Waals surface area (Å²) in [5, 5.41) is 12.4. The first kappa shape index (κ1) is 28.2. The number of pyridine rings is 1. The van der Waals surface area contributed by atoms with Crippen molar-refractivity contribution in [3.8, 4) is 22.3 Å². The van der Waals surface area contributed by atoms with Gasteiger partial charge in [0.2, 0.25) is 0 Å². The Kier molecular flexibility index (Phi) is 7.50. The third-order valence-electron chi connectivity index (χ3n) is 7.59. The molecule has 4 N–H and O–H groups in total. The molecular weight excluding hydrogens is 536 g/mol. The minimum absolute atomic E-state index is 0.185. The highest BCUT2D eigenvalue weighted by Gasteiger charge is 2.29. The van der Waals surface area contributed by atoms with Crippen LogP contribution in [-0.2, 0) is 0 Å². The van der Waals surface area contributed by atoms with Crippen LogP contribution in [-0.4, -0.2) is 34.8 Å². The number of nitrogens with two attached hydrogens (primary N) is 1. The summed E-state index contributed by atoms with van der Waals surface area (Å²) in [6, 6.07) is 10.3. The van der Waals surface area contributed by atoms with Crippen LogP contribution in [0.2, 0.25) is 0 Å². The predicted molar refractivity (Wildman–Crippen MR) is 152 cm³/mol. The molecular formula is C31H30F4N4O2. The van der Waals surface area contributed by atoms with Crippen molar-refractivity contribution in [3.05, 3.63) is 78.0 Å². The Hall–Kier alpha value is -4.34. The summed E-state index contributed by atoms with van der Waals surface area (Å²) < 4.78 is 57.0. The average molecular weight is 567 g/mol. The van der Waals surface area contributed by atoms with Gasteiger partial charge in [0.1, 0.15) is 23.3 Å². The number of nitrogens with one attached hydrogen (secondary N) is 1. The van der Waals surface area contributed by atoms with Crippen molar-refractivity contribution in [2.75, 3.05) is 23.7 Å². The zero-order valence-electron chi connectivity index (χ0n) is 22.6. The van der Waals surface area contributed by atoms with Gasteiger partial charge in [-0.1, -0.05) is 6.07 Å². The van der Waals surface area contributed by atoms with E-state index in [4.69, 9.17) is 5.73 Å². The molecule has 0 aliphatic carbocycles. The van der Waals surface area contributed by atoms with Gasteiger partial charge in [-0.3, -0.25) is 4.98 Å². The first-order valence-corrected chi connectivity index (χ1v) is 13.3. The van der Waals surface area contributed by atoms with E-state index in [9.17, 15) is 27.5 Å². The number of rotatable bonds is 6. The number of nitrogen functional groups attached to an aromatic ring is 1. The summed E-state index contributed by atoms with van der Waals surface area (Å²) in [5.74, 6) is -2.84. The van der Waals surface area contributed by atoms with Crippen molar-refractivity contribution in [2.24, 2.45) is 5.92 Å². The maximum atomic E-state index is 14.3. The Bertz CT molecular complexity index is 1610. The van der Waals surface area contributed by atoms with Gasteiger partial charge in [0.15, 0.2) is 0 Å². The molecule has 0 spiro atoms. The number of fused-ring (bicyclic) bond motifs is 1. The van der Waals surface area contributed by atoms with E-state index in [2.05, 4.69) is 15.2 Å². The number of hydrogen-bond acceptors (Lipinski definition) is 4. The summed E-state index contributed by atoms with van der Waals surface area (Å²) in [6.45, 7) is 4.89. The highest BCUT2D eigenvalue weighted by molar-refractivity contribution is 6.02. The molecule has 6 nitrogen and oxygen atoms in total. The summed E-state index contributed by atoms with van der Waals surface area (Å²) in [5.41, 5.74) is 7.93. The van der Waals surface area contributed by atoms with Crippen molar-refractivity contribution in [1.82, 2.24) is 10.3 Å². The highest BCUT2D eigenvalue weighted by Crippen LogP contribution is 2.41. The largest absolute Gasteiger partial charge is 0.465 e. The zero-order chi connectivity index (χ0) is 29.5. The number of carbonyl (C=O) groups is 1. The molecule has 0 saturated carbocycles. The molecule has 1 fully saturated rings. The molecule has 0 bridgehead atoms. The van der Waals surface area contributed by atoms with Crippen LogP contribution in [0.15, 0.2) is 54.7 Å². The lowest BCUT2D eigenvalue weighted by Gasteiger charge is -2.38. The van der Waals surface area contributed by atoms with Crippen LogP contribution in [0.4, 0.5) is 33.7 Å². The number of halogens is 4. The molecule has 1 saturated heterocycles. The lowest BCUT2D eigenvalue weighted by molar-refractivity contribution is 0.174. The third-order valence-corrected chi connectivity index (χ3v) is 7.59. The molecule has 10 heteroatoms. The SMILES string of the molecule is CC(C)(CC1CCN(c2c(-c3cc(F)cc(F)c3)cnc3ccc(-c4cc(F)cc(F)c4N)cc23)CC1)NC(=O)O. The lowest BCUT2D eigenvalue weighted by Crippen LogP contribution is -2.45. The number of carboxylic acid groups (broad SMARTS) is 1. The van der Waals surface area contributed by atoms with Crippen LogP contribution in [0, 0.1) is 29.2 Å². The van der Waals surface area contributed by atoms with E-state index in [1.165, 1.54) is 12.1 Å². The summed E-state index contributed by atoms with van der Waals surface area (Å²) >= 11 is 0. The number of hydrogen-bond donors (Lipinski definition) is 3. The number of amides is 1. The molecule has 0 unspecified atom stereocenters. The van der Waals surface area contributed by atoms with E-state index in [0.29, 0.717) is 52.8 Å². The van der Waals surface area contributed by atoms with E-state index in [-0.39, 0.29) is 17.2 Å². The van der Waals surface area contributed by atoms with Gasteiger partial charge >= 0.3 is 6.09 Å². The first-order valence-electron chi connectivity index (χ1n) is 13.3. The number of benzene rings is 3. The molecule has 41 heavy (non-hydrogen) atoms. The van der Waals surface area contributed by atoms with Crippen LogP contribution in [0.5, 0.6) is 0 Å². The van der Waals surface area contributed by atoms with Crippen LogP contribution >= 0.6 is 0 Å². The van der Waals surface area contributed by atoms with Crippen LogP contribution in [0.1, 0.15) is 33.1 Å². The third kappa shape index (κ3) is 6.06. The molecule has 1 amide bonds. The normalized spacial score (nSPS) is 14.4. The van der Waals surface area contributed by atoms with Gasteiger partial charge in [0.25, 0.3) is 0 Å². The quantitative estimate of drug-likeness (QED) is 0.168. The minimum Gasteiger partial charge on any atom is -0.465 e. The van der Waals surface area contributed by atoms with E-state index in [1.807, 2.05) is 13.8 Å². The number of nitrogens with zero attached hydrogens (tertiary/aromatic N) is 2. The second-order valence-electron chi connectivity index (χ2n) is 11.2. The maximum Gasteiger partial charge on any atom is 0.405 e. The van der Waals surface area contributed by atoms with Crippen molar-refractivity contribution >= 4 is 28.4 Å². The van der Waals surface area contributed by atoms with Crippen molar-refractivity contribution < 1.29 is 27.5 Å². The Morgan fingerprint density at radius 3 is 2.29 bits per heavy atom. The van der Waals surface area contributed by atoms with Crippen molar-refractivity contribution in [3.63, 3.8) is 0 Å². The number of piperidine rings is 1. The van der Waals surface area contributed by atoms with Crippen LogP contribution < -0.4 is 16.0 Å². The summed E-state index contributed by atoms with van der Waals surface area (Å²) in [4.78, 5) is 17.9. The van der Waals surface area contributed by atoms with Gasteiger partial charge in [-0.25, -0.2) is 22.4 Å². The van der Waals surface area contributed by atoms with Gasteiger partial charge in [-0.2, -0.15) is 0 Å². The molecule has 1 aromatic heterocycles. The fraction of sp³-hybridized carbons (Fsp3) is 0.290. The van der Waals surface area contributed by atoms with Gasteiger partial charge in [0, 0.05) is 53.5 Å². The van der Waals surface area contributed by atoms with Crippen LogP contribution in [0.25, 0.3) is 33.2 Å². The predicted octanol–water partition coefficient (Wildman–Crippen LogP) is 7.36. The molecule has 1 aliphatic rings. The molecule has 5 rings (SSSR count). The zero-order valence-corrected chi connectivity index (χ0v) is 22.6. The smallest absolute Gasteiger partial charge is 0.405 e. The van der Waals surface area contributed by atoms with E-state index in [1.54, 1.807) is 24.4 Å². The van der Waals surface area contributed by atoms with E-state index >= 15 is 0 Å². The Morgan fingerprint density at radius 1 is 0.976 bits per heavy atom. The fourth-order valence-electron chi connectivity index (χ4n) is 5.85. The van der Waals surface area contributed by atoms with E-state index < -0.39 is 34.9 Å².